The first-order valence-electron chi connectivity index (χ1n) is 14.9. The van der Waals surface area contributed by atoms with Gasteiger partial charge in [-0.2, -0.15) is 0 Å². The van der Waals surface area contributed by atoms with Crippen LogP contribution in [0.5, 0.6) is 5.75 Å². The van der Waals surface area contributed by atoms with Crippen molar-refractivity contribution < 1.29 is 32.6 Å². The summed E-state index contributed by atoms with van der Waals surface area (Å²) in [6, 6.07) is 11.6. The number of nitrogens with one attached hydrogen (secondary N) is 1. The van der Waals surface area contributed by atoms with Crippen molar-refractivity contribution in [2.24, 2.45) is 11.3 Å². The van der Waals surface area contributed by atoms with E-state index in [1.54, 1.807) is 12.1 Å². The number of hydrogen-bond donors (Lipinski definition) is 2. The van der Waals surface area contributed by atoms with E-state index in [9.17, 15) is 27.9 Å². The Labute approximate surface area is 264 Å². The summed E-state index contributed by atoms with van der Waals surface area (Å²) in [4.78, 5) is 32.8. The highest BCUT2D eigenvalue weighted by Crippen LogP contribution is 2.38. The number of carbonyl (C=O) groups is 2. The number of anilines is 1. The van der Waals surface area contributed by atoms with E-state index in [1.165, 1.54) is 12.1 Å². The van der Waals surface area contributed by atoms with Crippen molar-refractivity contribution in [2.75, 3.05) is 24.5 Å². The first-order valence-corrected chi connectivity index (χ1v) is 15.7. The molecule has 0 aliphatic carbocycles. The van der Waals surface area contributed by atoms with Crippen LogP contribution < -0.4 is 15.0 Å². The minimum Gasteiger partial charge on any atom is -0.481 e. The van der Waals surface area contributed by atoms with E-state index in [1.807, 2.05) is 39.0 Å². The summed E-state index contributed by atoms with van der Waals surface area (Å²) in [6.07, 6.45) is -0.157. The molecule has 1 amide bonds. The molecule has 0 saturated carbocycles. The van der Waals surface area contributed by atoms with E-state index in [0.29, 0.717) is 22.0 Å². The van der Waals surface area contributed by atoms with Crippen LogP contribution in [0.3, 0.4) is 0 Å². The highest BCUT2D eigenvalue weighted by Gasteiger charge is 2.35. The van der Waals surface area contributed by atoms with Gasteiger partial charge in [-0.15, -0.1) is 13.2 Å². The van der Waals surface area contributed by atoms with Gasteiger partial charge in [-0.05, 0) is 73.8 Å². The zero-order valence-corrected chi connectivity index (χ0v) is 26.9. The molecular formula is C33H39BrF3N3O4. The molecule has 0 radical (unpaired) electrons. The van der Waals surface area contributed by atoms with Crippen LogP contribution in [0.15, 0.2) is 46.9 Å². The standard InChI is InChI=1S/C33H39BrF3N3O4/c1-21-29(25-18-24(34)13-14-26(25)39-30(21)40-16-8-4-5-9-17-40)31(43)38-20-23(12-15-28(41)42)32(2,3)19-22-10-6-7-11-27(22)44-33(35,36)37/h6-7,10-11,13-14,18,23H,4-5,8-9,12,15-17,19-20H2,1-3H3,(H,38,43)(H,41,42). The lowest BCUT2D eigenvalue weighted by molar-refractivity contribution is -0.275. The summed E-state index contributed by atoms with van der Waals surface area (Å²) < 4.78 is 44.3. The fourth-order valence-electron chi connectivity index (χ4n) is 6.08. The lowest BCUT2D eigenvalue weighted by Crippen LogP contribution is -2.38. The molecule has 0 spiro atoms. The van der Waals surface area contributed by atoms with Crippen LogP contribution in [0.25, 0.3) is 10.9 Å². The lowest BCUT2D eigenvalue weighted by Gasteiger charge is -2.35. The highest BCUT2D eigenvalue weighted by atomic mass is 79.9. The number of carboxylic acid groups (broad SMARTS) is 1. The maximum absolute atomic E-state index is 14.0. The monoisotopic (exact) mass is 677 g/mol. The van der Waals surface area contributed by atoms with E-state index in [2.05, 4.69) is 30.9 Å². The number of ether oxygens (including phenoxy) is 1. The topological polar surface area (TPSA) is 91.8 Å². The molecule has 11 heteroatoms. The third-order valence-electron chi connectivity index (χ3n) is 8.46. The van der Waals surface area contributed by atoms with Gasteiger partial charge in [0.1, 0.15) is 11.6 Å². The van der Waals surface area contributed by atoms with Crippen LogP contribution in [0.4, 0.5) is 19.0 Å². The first-order chi connectivity index (χ1) is 20.7. The van der Waals surface area contributed by atoms with Gasteiger partial charge in [0.25, 0.3) is 5.91 Å². The Morgan fingerprint density at radius 2 is 1.77 bits per heavy atom. The molecule has 1 aliphatic heterocycles. The fraction of sp³-hybridized carbons (Fsp3) is 0.485. The smallest absolute Gasteiger partial charge is 0.481 e. The lowest BCUT2D eigenvalue weighted by atomic mass is 9.72. The van der Waals surface area contributed by atoms with Crippen molar-refractivity contribution >= 4 is 44.5 Å². The normalized spacial score (nSPS) is 15.1. The predicted octanol–water partition coefficient (Wildman–Crippen LogP) is 8.06. The molecule has 1 aromatic heterocycles. The zero-order valence-electron chi connectivity index (χ0n) is 25.3. The van der Waals surface area contributed by atoms with E-state index in [-0.39, 0.29) is 43.4 Å². The van der Waals surface area contributed by atoms with Crippen LogP contribution in [-0.4, -0.2) is 48.0 Å². The van der Waals surface area contributed by atoms with Crippen molar-refractivity contribution in [3.63, 3.8) is 0 Å². The molecule has 7 nitrogen and oxygen atoms in total. The highest BCUT2D eigenvalue weighted by molar-refractivity contribution is 9.10. The second kappa shape index (κ2) is 14.2. The molecule has 2 aromatic carbocycles. The number of hydrogen-bond acceptors (Lipinski definition) is 5. The Morgan fingerprint density at radius 1 is 1.09 bits per heavy atom. The molecule has 0 bridgehead atoms. The van der Waals surface area contributed by atoms with Gasteiger partial charge in [0, 0.05) is 41.5 Å². The summed E-state index contributed by atoms with van der Waals surface area (Å²) in [7, 11) is 0. The molecule has 1 unspecified atom stereocenters. The molecule has 44 heavy (non-hydrogen) atoms. The van der Waals surface area contributed by atoms with Gasteiger partial charge in [0.05, 0.1) is 11.1 Å². The van der Waals surface area contributed by atoms with Crippen molar-refractivity contribution in [3.8, 4) is 5.75 Å². The first kappa shape index (κ1) is 33.6. The number of fused-ring (bicyclic) bond motifs is 1. The number of pyridine rings is 1. The number of nitrogens with zero attached hydrogens (tertiary/aromatic N) is 2. The van der Waals surface area contributed by atoms with Crippen molar-refractivity contribution in [1.29, 1.82) is 0 Å². The van der Waals surface area contributed by atoms with Gasteiger partial charge in [-0.3, -0.25) is 9.59 Å². The number of carbonyl (C=O) groups excluding carboxylic acids is 1. The molecule has 3 aromatic rings. The molecule has 238 valence electrons. The van der Waals surface area contributed by atoms with E-state index in [0.717, 1.165) is 54.6 Å². The number of benzene rings is 2. The van der Waals surface area contributed by atoms with Gasteiger partial charge in [0.2, 0.25) is 0 Å². The summed E-state index contributed by atoms with van der Waals surface area (Å²) in [6.45, 7) is 7.52. The Hall–Kier alpha value is -3.34. The van der Waals surface area contributed by atoms with Crippen molar-refractivity contribution in [1.82, 2.24) is 10.3 Å². The number of halogens is 4. The largest absolute Gasteiger partial charge is 0.573 e. The van der Waals surface area contributed by atoms with Gasteiger partial charge < -0.3 is 20.1 Å². The molecule has 1 saturated heterocycles. The van der Waals surface area contributed by atoms with Crippen LogP contribution in [0.1, 0.15) is 73.9 Å². The van der Waals surface area contributed by atoms with Crippen molar-refractivity contribution in [3.05, 3.63) is 63.6 Å². The SMILES string of the molecule is Cc1c(N2CCCCCC2)nc2ccc(Br)cc2c1C(=O)NCC(CCC(=O)O)C(C)(C)Cc1ccccc1OC(F)(F)F. The summed E-state index contributed by atoms with van der Waals surface area (Å²) in [5, 5.41) is 13.2. The Morgan fingerprint density at radius 3 is 2.43 bits per heavy atom. The Bertz CT molecular complexity index is 1490. The number of alkyl halides is 3. The Kier molecular flexibility index (Phi) is 10.8. The number of para-hydroxylation sites is 1. The minimum atomic E-state index is -4.84. The maximum Gasteiger partial charge on any atom is 0.573 e. The van der Waals surface area contributed by atoms with E-state index in [4.69, 9.17) is 4.98 Å². The molecule has 2 N–H and O–H groups in total. The second-order valence-electron chi connectivity index (χ2n) is 12.2. The molecule has 2 heterocycles. The third kappa shape index (κ3) is 8.64. The number of aliphatic carboxylic acids is 1. The molecule has 1 aliphatic rings. The summed E-state index contributed by atoms with van der Waals surface area (Å²) in [5.41, 5.74) is 1.64. The average Bonchev–Trinajstić information content (AvgIpc) is 3.22. The fourth-order valence-corrected chi connectivity index (χ4v) is 6.44. The quantitative estimate of drug-likeness (QED) is 0.213. The molecule has 1 fully saturated rings. The van der Waals surface area contributed by atoms with Crippen LogP contribution in [0.2, 0.25) is 0 Å². The van der Waals surface area contributed by atoms with Gasteiger partial charge in [-0.25, -0.2) is 4.98 Å². The van der Waals surface area contributed by atoms with E-state index >= 15 is 0 Å². The number of carboxylic acids is 1. The second-order valence-corrected chi connectivity index (χ2v) is 13.1. The van der Waals surface area contributed by atoms with Crippen molar-refractivity contribution in [2.45, 2.75) is 72.1 Å². The number of amides is 1. The van der Waals surface area contributed by atoms with Gasteiger partial charge >= 0.3 is 12.3 Å². The maximum atomic E-state index is 14.0. The molecule has 1 atom stereocenters. The average molecular weight is 679 g/mol. The number of rotatable bonds is 11. The van der Waals surface area contributed by atoms with Gasteiger partial charge in [0.15, 0.2) is 0 Å². The summed E-state index contributed by atoms with van der Waals surface area (Å²) in [5.74, 6) is -1.16. The molecule has 4 rings (SSSR count). The summed E-state index contributed by atoms with van der Waals surface area (Å²) >= 11 is 3.52. The Balaban J connectivity index is 1.64. The van der Waals surface area contributed by atoms with Crippen LogP contribution >= 0.6 is 15.9 Å². The zero-order chi connectivity index (χ0) is 32.1. The molecular weight excluding hydrogens is 639 g/mol. The predicted molar refractivity (Wildman–Crippen MR) is 168 cm³/mol. The van der Waals surface area contributed by atoms with Gasteiger partial charge in [-0.1, -0.05) is 60.8 Å². The van der Waals surface area contributed by atoms with Crippen LogP contribution in [0, 0.1) is 18.3 Å². The minimum absolute atomic E-state index is 0.137. The third-order valence-corrected chi connectivity index (χ3v) is 8.96. The van der Waals surface area contributed by atoms with Crippen LogP contribution in [-0.2, 0) is 11.2 Å². The number of aromatic nitrogens is 1. The van der Waals surface area contributed by atoms with E-state index < -0.39 is 17.7 Å².